The third-order valence-corrected chi connectivity index (χ3v) is 6.32. The first-order valence-electron chi connectivity index (χ1n) is 9.82. The molecular formula is C22H20N6O. The lowest BCUT2D eigenvalue weighted by atomic mass is 9.75. The van der Waals surface area contributed by atoms with Crippen LogP contribution in [-0.4, -0.2) is 48.2 Å². The van der Waals surface area contributed by atoms with E-state index in [0.717, 1.165) is 48.2 Å². The summed E-state index contributed by atoms with van der Waals surface area (Å²) in [6.07, 6.45) is 6.22. The molecule has 2 aliphatic heterocycles. The van der Waals surface area contributed by atoms with Gasteiger partial charge in [0.2, 0.25) is 0 Å². The van der Waals surface area contributed by atoms with Crippen LogP contribution in [0.15, 0.2) is 55.1 Å². The van der Waals surface area contributed by atoms with E-state index in [-0.39, 0.29) is 11.3 Å². The Balaban J connectivity index is 1.28. The molecule has 1 amide bonds. The molecule has 0 bridgehead atoms. The fourth-order valence-corrected chi connectivity index (χ4v) is 4.69. The average Bonchev–Trinajstić information content (AvgIpc) is 3.40. The molecule has 0 saturated carbocycles. The van der Waals surface area contributed by atoms with Crippen LogP contribution >= 0.6 is 0 Å². The number of hydrogen-bond acceptors (Lipinski definition) is 4. The van der Waals surface area contributed by atoms with Crippen LogP contribution < -0.4 is 0 Å². The van der Waals surface area contributed by atoms with Crippen molar-refractivity contribution in [3.8, 4) is 11.3 Å². The van der Waals surface area contributed by atoms with Crippen LogP contribution in [-0.2, 0) is 19.0 Å². The van der Waals surface area contributed by atoms with Gasteiger partial charge in [-0.2, -0.15) is 5.10 Å². The van der Waals surface area contributed by atoms with Crippen LogP contribution in [0.5, 0.6) is 0 Å². The van der Waals surface area contributed by atoms with Crippen molar-refractivity contribution in [2.24, 2.45) is 7.05 Å². The minimum Gasteiger partial charge on any atom is -0.335 e. The Labute approximate surface area is 167 Å². The Morgan fingerprint density at radius 1 is 1.14 bits per heavy atom. The topological polar surface area (TPSA) is 68.8 Å². The Bertz CT molecular complexity index is 1260. The van der Waals surface area contributed by atoms with Crippen molar-refractivity contribution in [1.82, 2.24) is 29.2 Å². The number of carbonyl (C=O) groups excluding carboxylic acids is 1. The van der Waals surface area contributed by atoms with Crippen molar-refractivity contribution in [2.75, 3.05) is 13.1 Å². The van der Waals surface area contributed by atoms with Crippen LogP contribution in [0.4, 0.5) is 0 Å². The lowest BCUT2D eigenvalue weighted by molar-refractivity contribution is 0.0381. The maximum Gasteiger partial charge on any atom is 0.272 e. The van der Waals surface area contributed by atoms with Gasteiger partial charge in [-0.05, 0) is 24.6 Å². The molecule has 4 aromatic rings. The molecule has 0 N–H and O–H groups in total. The maximum absolute atomic E-state index is 12.7. The second-order valence-electron chi connectivity index (χ2n) is 8.14. The van der Waals surface area contributed by atoms with E-state index in [1.807, 2.05) is 36.3 Å². The van der Waals surface area contributed by atoms with Crippen molar-refractivity contribution in [3.05, 3.63) is 66.5 Å². The molecule has 2 aliphatic rings. The summed E-state index contributed by atoms with van der Waals surface area (Å²) in [5.74, 6) is 0.0487. The highest BCUT2D eigenvalue weighted by molar-refractivity contribution is 5.93. The SMILES string of the molecule is Cn1cncc1C(=O)N1CC2(CCn3nc(-c4cnc5ccccc5c4)cc32)C1. The molecule has 1 aromatic carbocycles. The fourth-order valence-electron chi connectivity index (χ4n) is 4.69. The van der Waals surface area contributed by atoms with Gasteiger partial charge < -0.3 is 9.47 Å². The second-order valence-corrected chi connectivity index (χ2v) is 8.14. The van der Waals surface area contributed by atoms with Crippen LogP contribution in [0, 0.1) is 0 Å². The van der Waals surface area contributed by atoms with Gasteiger partial charge >= 0.3 is 0 Å². The number of aromatic nitrogens is 5. The van der Waals surface area contributed by atoms with Crippen molar-refractivity contribution in [2.45, 2.75) is 18.4 Å². The van der Waals surface area contributed by atoms with Crippen LogP contribution in [0.3, 0.4) is 0 Å². The number of imidazole rings is 1. The monoisotopic (exact) mass is 384 g/mol. The van der Waals surface area contributed by atoms with E-state index in [2.05, 4.69) is 32.8 Å². The summed E-state index contributed by atoms with van der Waals surface area (Å²) in [5.41, 5.74) is 4.85. The minimum atomic E-state index is 0.0176. The van der Waals surface area contributed by atoms with Crippen LogP contribution in [0.2, 0.25) is 0 Å². The van der Waals surface area contributed by atoms with Gasteiger partial charge in [-0.25, -0.2) is 4.98 Å². The highest BCUT2D eigenvalue weighted by Crippen LogP contribution is 2.44. The van der Waals surface area contributed by atoms with Crippen molar-refractivity contribution >= 4 is 16.8 Å². The second kappa shape index (κ2) is 5.76. The number of benzene rings is 1. The van der Waals surface area contributed by atoms with Crippen LogP contribution in [0.1, 0.15) is 22.6 Å². The number of pyridine rings is 1. The smallest absolute Gasteiger partial charge is 0.272 e. The maximum atomic E-state index is 12.7. The first-order valence-corrected chi connectivity index (χ1v) is 9.82. The number of amides is 1. The summed E-state index contributed by atoms with van der Waals surface area (Å²) < 4.78 is 3.88. The molecule has 6 rings (SSSR count). The molecule has 0 aliphatic carbocycles. The van der Waals surface area contributed by atoms with Gasteiger partial charge in [0, 0.05) is 54.9 Å². The van der Waals surface area contributed by atoms with Gasteiger partial charge in [-0.3, -0.25) is 14.5 Å². The van der Waals surface area contributed by atoms with Gasteiger partial charge in [-0.15, -0.1) is 0 Å². The molecule has 1 saturated heterocycles. The summed E-state index contributed by atoms with van der Waals surface area (Å²) in [7, 11) is 1.85. The summed E-state index contributed by atoms with van der Waals surface area (Å²) in [4.78, 5) is 23.3. The standard InChI is InChI=1S/C22H20N6O/c1-26-14-23-11-19(26)21(29)27-12-22(13-27)6-7-28-20(22)9-18(25-28)16-8-15-4-2-3-5-17(15)24-10-16/h2-5,8-11,14H,6-7,12-13H2,1H3. The highest BCUT2D eigenvalue weighted by Gasteiger charge is 2.51. The van der Waals surface area contributed by atoms with Crippen molar-refractivity contribution in [1.29, 1.82) is 0 Å². The van der Waals surface area contributed by atoms with E-state index in [0.29, 0.717) is 5.69 Å². The Morgan fingerprint density at radius 2 is 2.00 bits per heavy atom. The first kappa shape index (κ1) is 16.5. The highest BCUT2D eigenvalue weighted by atomic mass is 16.2. The summed E-state index contributed by atoms with van der Waals surface area (Å²) >= 11 is 0. The quantitative estimate of drug-likeness (QED) is 0.533. The predicted octanol–water partition coefficient (Wildman–Crippen LogP) is 2.63. The lowest BCUT2D eigenvalue weighted by Crippen LogP contribution is -2.60. The first-order chi connectivity index (χ1) is 14.1. The molecule has 0 atom stereocenters. The number of rotatable bonds is 2. The molecular weight excluding hydrogens is 364 g/mol. The zero-order chi connectivity index (χ0) is 19.6. The Morgan fingerprint density at radius 3 is 2.83 bits per heavy atom. The molecule has 0 unspecified atom stereocenters. The van der Waals surface area contributed by atoms with E-state index in [1.165, 1.54) is 5.69 Å². The largest absolute Gasteiger partial charge is 0.335 e. The number of para-hydroxylation sites is 1. The molecule has 3 aromatic heterocycles. The Hall–Kier alpha value is -3.48. The molecule has 1 spiro atoms. The third-order valence-electron chi connectivity index (χ3n) is 6.32. The van der Waals surface area contributed by atoms with Gasteiger partial charge in [0.25, 0.3) is 5.91 Å². The van der Waals surface area contributed by atoms with Gasteiger partial charge in [0.15, 0.2) is 0 Å². The lowest BCUT2D eigenvalue weighted by Gasteiger charge is -2.47. The van der Waals surface area contributed by atoms with Gasteiger partial charge in [-0.1, -0.05) is 18.2 Å². The molecule has 5 heterocycles. The minimum absolute atomic E-state index is 0.0176. The molecule has 144 valence electrons. The number of fused-ring (bicyclic) bond motifs is 3. The summed E-state index contributed by atoms with van der Waals surface area (Å²) in [6, 6.07) is 12.4. The van der Waals surface area contributed by atoms with E-state index in [4.69, 9.17) is 5.10 Å². The van der Waals surface area contributed by atoms with E-state index >= 15 is 0 Å². The molecule has 29 heavy (non-hydrogen) atoms. The van der Waals surface area contributed by atoms with Crippen LogP contribution in [0.25, 0.3) is 22.2 Å². The van der Waals surface area contributed by atoms with E-state index in [9.17, 15) is 4.79 Å². The number of aryl methyl sites for hydroxylation is 2. The van der Waals surface area contributed by atoms with Crippen molar-refractivity contribution < 1.29 is 4.79 Å². The third kappa shape index (κ3) is 2.36. The van der Waals surface area contributed by atoms with E-state index < -0.39 is 0 Å². The van der Waals surface area contributed by atoms with E-state index in [1.54, 1.807) is 17.1 Å². The van der Waals surface area contributed by atoms with Gasteiger partial charge in [0.1, 0.15) is 5.69 Å². The molecule has 7 heteroatoms. The molecule has 0 radical (unpaired) electrons. The number of hydrogen-bond donors (Lipinski definition) is 0. The predicted molar refractivity (Wildman–Crippen MR) is 108 cm³/mol. The van der Waals surface area contributed by atoms with Gasteiger partial charge in [0.05, 0.1) is 23.7 Å². The normalized spacial score (nSPS) is 16.9. The fraction of sp³-hybridized carbons (Fsp3) is 0.273. The number of carbonyl (C=O) groups is 1. The number of likely N-dealkylation sites (tertiary alicyclic amines) is 1. The molecule has 7 nitrogen and oxygen atoms in total. The summed E-state index contributed by atoms with van der Waals surface area (Å²) in [6.45, 7) is 2.36. The zero-order valence-electron chi connectivity index (χ0n) is 16.1. The van der Waals surface area contributed by atoms with Crippen molar-refractivity contribution in [3.63, 3.8) is 0 Å². The average molecular weight is 384 g/mol. The molecule has 1 fully saturated rings. The zero-order valence-corrected chi connectivity index (χ0v) is 16.1. The Kier molecular flexibility index (Phi) is 3.27. The number of nitrogens with zero attached hydrogens (tertiary/aromatic N) is 6. The summed E-state index contributed by atoms with van der Waals surface area (Å²) in [5, 5.41) is 5.95.